The topological polar surface area (TPSA) is 62.3 Å². The van der Waals surface area contributed by atoms with Crippen molar-refractivity contribution in [2.75, 3.05) is 30.9 Å². The molecule has 18 heavy (non-hydrogen) atoms. The number of amidine groups is 1. The number of anilines is 1. The van der Waals surface area contributed by atoms with Crippen molar-refractivity contribution in [3.05, 3.63) is 23.8 Å². The van der Waals surface area contributed by atoms with Crippen molar-refractivity contribution in [2.24, 2.45) is 5.73 Å². The second-order valence-corrected chi connectivity index (χ2v) is 5.97. The summed E-state index contributed by atoms with van der Waals surface area (Å²) in [5.41, 5.74) is 7.45. The third kappa shape index (κ3) is 2.72. The van der Waals surface area contributed by atoms with Gasteiger partial charge in [-0.25, -0.2) is 0 Å². The highest BCUT2D eigenvalue weighted by atomic mass is 32.2. The van der Waals surface area contributed by atoms with Gasteiger partial charge in [0.1, 0.15) is 11.6 Å². The number of nitrogens with one attached hydrogen (secondary N) is 1. The summed E-state index contributed by atoms with van der Waals surface area (Å²) in [6, 6.07) is 5.69. The van der Waals surface area contributed by atoms with Gasteiger partial charge in [0.25, 0.3) is 0 Å². The lowest BCUT2D eigenvalue weighted by atomic mass is 10.1. The summed E-state index contributed by atoms with van der Waals surface area (Å²) in [5.74, 6) is 2.02. The lowest BCUT2D eigenvalue weighted by Crippen LogP contribution is -2.37. The minimum atomic E-state index is 0.110. The maximum atomic E-state index is 7.68. The zero-order valence-corrected chi connectivity index (χ0v) is 11.6. The summed E-state index contributed by atoms with van der Waals surface area (Å²) < 4.78 is 5.26. The number of ether oxygens (including phenoxy) is 1. The Kier molecular flexibility index (Phi) is 4.01. The number of methoxy groups -OCH3 is 1. The number of hydrogen-bond acceptors (Lipinski definition) is 4. The van der Waals surface area contributed by atoms with Gasteiger partial charge in [-0.15, -0.1) is 0 Å². The molecule has 1 atom stereocenters. The third-order valence-electron chi connectivity index (χ3n) is 3.08. The Bertz CT molecular complexity index is 450. The minimum Gasteiger partial charge on any atom is -0.497 e. The van der Waals surface area contributed by atoms with Crippen molar-refractivity contribution in [1.29, 1.82) is 5.41 Å². The molecule has 0 spiro atoms. The Morgan fingerprint density at radius 1 is 1.56 bits per heavy atom. The van der Waals surface area contributed by atoms with Gasteiger partial charge in [0.15, 0.2) is 0 Å². The first-order valence-corrected chi connectivity index (χ1v) is 7.05. The Hall–Kier alpha value is -1.36. The van der Waals surface area contributed by atoms with Gasteiger partial charge in [-0.3, -0.25) is 5.41 Å². The zero-order chi connectivity index (χ0) is 13.1. The van der Waals surface area contributed by atoms with Crippen LogP contribution in [-0.2, 0) is 0 Å². The van der Waals surface area contributed by atoms with Crippen LogP contribution >= 0.6 is 11.8 Å². The van der Waals surface area contributed by atoms with Crippen LogP contribution in [0.15, 0.2) is 18.2 Å². The highest BCUT2D eigenvalue weighted by molar-refractivity contribution is 8.00. The molecule has 5 heteroatoms. The predicted molar refractivity (Wildman–Crippen MR) is 78.1 cm³/mol. The molecule has 1 fully saturated rings. The van der Waals surface area contributed by atoms with Crippen LogP contribution < -0.4 is 15.4 Å². The zero-order valence-electron chi connectivity index (χ0n) is 10.8. The number of nitrogens with zero attached hydrogens (tertiary/aromatic N) is 1. The van der Waals surface area contributed by atoms with Crippen molar-refractivity contribution in [1.82, 2.24) is 0 Å². The van der Waals surface area contributed by atoms with Crippen LogP contribution in [0.2, 0.25) is 0 Å². The molecule has 0 aliphatic carbocycles. The SMILES string of the molecule is COc1ccc(C(=N)N)c(N2CCSC(C)C2)c1. The summed E-state index contributed by atoms with van der Waals surface area (Å²) in [6.07, 6.45) is 0. The van der Waals surface area contributed by atoms with Crippen molar-refractivity contribution in [2.45, 2.75) is 12.2 Å². The number of nitrogen functional groups attached to an aromatic ring is 1. The van der Waals surface area contributed by atoms with E-state index >= 15 is 0 Å². The molecule has 1 aromatic carbocycles. The van der Waals surface area contributed by atoms with E-state index in [9.17, 15) is 0 Å². The molecule has 1 heterocycles. The summed E-state index contributed by atoms with van der Waals surface area (Å²) in [6.45, 7) is 4.20. The maximum absolute atomic E-state index is 7.68. The van der Waals surface area contributed by atoms with Crippen LogP contribution in [0.5, 0.6) is 5.75 Å². The van der Waals surface area contributed by atoms with E-state index in [0.717, 1.165) is 35.8 Å². The van der Waals surface area contributed by atoms with Gasteiger partial charge in [0.05, 0.1) is 12.8 Å². The standard InChI is InChI=1S/C13H19N3OS/c1-9-8-16(5-6-18-9)12-7-10(17-2)3-4-11(12)13(14)15/h3-4,7,9H,5-6,8H2,1-2H3,(H3,14,15). The highest BCUT2D eigenvalue weighted by Crippen LogP contribution is 2.29. The van der Waals surface area contributed by atoms with Crippen LogP contribution in [0.25, 0.3) is 0 Å². The van der Waals surface area contributed by atoms with Crippen LogP contribution in [0.4, 0.5) is 5.69 Å². The molecule has 1 aliphatic rings. The van der Waals surface area contributed by atoms with Gasteiger partial charge in [-0.1, -0.05) is 6.92 Å². The van der Waals surface area contributed by atoms with E-state index in [1.54, 1.807) is 7.11 Å². The second kappa shape index (κ2) is 5.52. The number of hydrogen-bond donors (Lipinski definition) is 2. The molecule has 1 saturated heterocycles. The van der Waals surface area contributed by atoms with E-state index in [1.165, 1.54) is 0 Å². The fourth-order valence-corrected chi connectivity index (χ4v) is 3.18. The molecule has 4 nitrogen and oxygen atoms in total. The number of rotatable bonds is 3. The normalized spacial score (nSPS) is 19.7. The molecule has 2 rings (SSSR count). The largest absolute Gasteiger partial charge is 0.497 e. The Labute approximate surface area is 112 Å². The quantitative estimate of drug-likeness (QED) is 0.647. The molecule has 0 saturated carbocycles. The van der Waals surface area contributed by atoms with Crippen molar-refractivity contribution in [3.8, 4) is 5.75 Å². The second-order valence-electron chi connectivity index (χ2n) is 4.42. The average molecular weight is 265 g/mol. The molecule has 3 N–H and O–H groups in total. The van der Waals surface area contributed by atoms with Crippen molar-refractivity contribution in [3.63, 3.8) is 0 Å². The number of benzene rings is 1. The first kappa shape index (κ1) is 13.1. The van der Waals surface area contributed by atoms with Crippen LogP contribution in [0, 0.1) is 5.41 Å². The Morgan fingerprint density at radius 2 is 2.33 bits per heavy atom. The lowest BCUT2D eigenvalue weighted by molar-refractivity contribution is 0.414. The molecule has 1 aromatic rings. The van der Waals surface area contributed by atoms with Crippen molar-refractivity contribution < 1.29 is 4.74 Å². The average Bonchev–Trinajstić information content (AvgIpc) is 2.38. The van der Waals surface area contributed by atoms with Crippen LogP contribution in [-0.4, -0.2) is 37.0 Å². The fraction of sp³-hybridized carbons (Fsp3) is 0.462. The van der Waals surface area contributed by atoms with E-state index in [1.807, 2.05) is 30.0 Å². The molecule has 1 unspecified atom stereocenters. The highest BCUT2D eigenvalue weighted by Gasteiger charge is 2.20. The van der Waals surface area contributed by atoms with Crippen molar-refractivity contribution >= 4 is 23.3 Å². The predicted octanol–water partition coefficient (Wildman–Crippen LogP) is 1.92. The van der Waals surface area contributed by atoms with Gasteiger partial charge >= 0.3 is 0 Å². The van der Waals surface area contributed by atoms with E-state index in [2.05, 4.69) is 11.8 Å². The smallest absolute Gasteiger partial charge is 0.124 e. The molecule has 0 amide bonds. The first-order chi connectivity index (χ1) is 8.61. The monoisotopic (exact) mass is 265 g/mol. The van der Waals surface area contributed by atoms with Crippen LogP contribution in [0.1, 0.15) is 12.5 Å². The molecule has 0 radical (unpaired) electrons. The molecular formula is C13H19N3OS. The molecule has 1 aliphatic heterocycles. The summed E-state index contributed by atoms with van der Waals surface area (Å²) in [5, 5.41) is 8.28. The lowest BCUT2D eigenvalue weighted by Gasteiger charge is -2.33. The molecule has 0 bridgehead atoms. The third-order valence-corrected chi connectivity index (χ3v) is 4.21. The number of thioether (sulfide) groups is 1. The van der Waals surface area contributed by atoms with Gasteiger partial charge in [0, 0.05) is 35.7 Å². The maximum Gasteiger partial charge on any atom is 0.124 e. The Morgan fingerprint density at radius 3 is 2.94 bits per heavy atom. The van der Waals surface area contributed by atoms with Gasteiger partial charge in [-0.2, -0.15) is 11.8 Å². The first-order valence-electron chi connectivity index (χ1n) is 6.01. The number of nitrogens with two attached hydrogens (primary N) is 1. The summed E-state index contributed by atoms with van der Waals surface area (Å²) in [4.78, 5) is 2.29. The molecular weight excluding hydrogens is 246 g/mol. The molecule has 98 valence electrons. The van der Waals surface area contributed by atoms with Gasteiger partial charge in [0.2, 0.25) is 0 Å². The van der Waals surface area contributed by atoms with E-state index < -0.39 is 0 Å². The van der Waals surface area contributed by atoms with E-state index in [4.69, 9.17) is 15.9 Å². The Balaban J connectivity index is 2.36. The minimum absolute atomic E-state index is 0.110. The van der Waals surface area contributed by atoms with E-state index in [0.29, 0.717) is 5.25 Å². The van der Waals surface area contributed by atoms with Gasteiger partial charge in [-0.05, 0) is 12.1 Å². The summed E-state index contributed by atoms with van der Waals surface area (Å²) in [7, 11) is 1.65. The van der Waals surface area contributed by atoms with Gasteiger partial charge < -0.3 is 15.4 Å². The fourth-order valence-electron chi connectivity index (χ4n) is 2.17. The summed E-state index contributed by atoms with van der Waals surface area (Å²) >= 11 is 1.98. The van der Waals surface area contributed by atoms with E-state index in [-0.39, 0.29) is 5.84 Å². The van der Waals surface area contributed by atoms with Crippen LogP contribution in [0.3, 0.4) is 0 Å². The molecule has 0 aromatic heterocycles.